The first-order chi connectivity index (χ1) is 14.0. The molecule has 164 valence electrons. The van der Waals surface area contributed by atoms with E-state index in [9.17, 15) is 24.5 Å². The molecule has 0 spiro atoms. The van der Waals surface area contributed by atoms with Crippen molar-refractivity contribution in [3.05, 3.63) is 33.9 Å². The van der Waals surface area contributed by atoms with Crippen LogP contribution in [0.2, 0.25) is 0 Å². The van der Waals surface area contributed by atoms with Crippen molar-refractivity contribution < 1.29 is 19.3 Å². The smallest absolute Gasteiger partial charge is 0.317 e. The van der Waals surface area contributed by atoms with E-state index in [1.54, 1.807) is 11.8 Å². The molecule has 2 rings (SSSR count). The van der Waals surface area contributed by atoms with Gasteiger partial charge in [0.15, 0.2) is 0 Å². The molecule has 1 saturated heterocycles. The fraction of sp³-hybridized carbons (Fsp3) is 0.550. The first-order valence-electron chi connectivity index (χ1n) is 9.87. The Morgan fingerprint density at radius 3 is 2.37 bits per heavy atom. The van der Waals surface area contributed by atoms with Gasteiger partial charge in [0.1, 0.15) is 0 Å². The third-order valence-corrected chi connectivity index (χ3v) is 4.82. The lowest BCUT2D eigenvalue weighted by Crippen LogP contribution is -2.51. The minimum atomic E-state index is -0.874. The molecule has 1 aromatic carbocycles. The van der Waals surface area contributed by atoms with E-state index in [1.807, 2.05) is 20.8 Å². The molecule has 4 amide bonds. The number of hydrogen-bond acceptors (Lipinski definition) is 5. The van der Waals surface area contributed by atoms with E-state index in [4.69, 9.17) is 0 Å². The molecule has 1 heterocycles. The maximum Gasteiger partial charge on any atom is 0.317 e. The largest absolute Gasteiger partial charge is 0.348 e. The monoisotopic (exact) mass is 419 g/mol. The molecule has 1 aliphatic rings. The highest BCUT2D eigenvalue weighted by molar-refractivity contribution is 6.39. The standard InChI is InChI=1S/C20H29N5O5/c1-13-5-6-15(25(29)30)11-16(13)22-18(27)17(26)21-12-14-7-9-24(10-8-14)19(28)23-20(2,3)4/h5-6,11,14H,7-10,12H2,1-4H3,(H,21,26)(H,22,27)(H,23,28). The summed E-state index contributed by atoms with van der Waals surface area (Å²) in [4.78, 5) is 48.5. The number of nitro groups is 1. The van der Waals surface area contributed by atoms with Crippen molar-refractivity contribution in [1.82, 2.24) is 15.5 Å². The zero-order chi connectivity index (χ0) is 22.5. The molecule has 0 saturated carbocycles. The molecule has 0 radical (unpaired) electrons. The van der Waals surface area contributed by atoms with Crippen molar-refractivity contribution in [2.45, 2.75) is 46.1 Å². The Hall–Kier alpha value is -3.17. The average Bonchev–Trinajstić information content (AvgIpc) is 2.66. The second kappa shape index (κ2) is 9.55. The van der Waals surface area contributed by atoms with E-state index in [0.717, 1.165) is 12.8 Å². The normalized spacial score (nSPS) is 14.7. The summed E-state index contributed by atoms with van der Waals surface area (Å²) < 4.78 is 0. The molecule has 0 unspecified atom stereocenters. The van der Waals surface area contributed by atoms with E-state index in [1.165, 1.54) is 18.2 Å². The number of hydrogen-bond donors (Lipinski definition) is 3. The Morgan fingerprint density at radius 1 is 1.17 bits per heavy atom. The molecule has 1 fully saturated rings. The summed E-state index contributed by atoms with van der Waals surface area (Å²) in [6.45, 7) is 8.95. The van der Waals surface area contributed by atoms with Gasteiger partial charge in [0.2, 0.25) is 0 Å². The Bertz CT molecular complexity index is 825. The lowest BCUT2D eigenvalue weighted by molar-refractivity contribution is -0.384. The van der Waals surface area contributed by atoms with Crippen LogP contribution in [0.1, 0.15) is 39.2 Å². The molecule has 10 heteroatoms. The predicted octanol–water partition coefficient (Wildman–Crippen LogP) is 2.18. The molecule has 1 aromatic rings. The summed E-state index contributed by atoms with van der Waals surface area (Å²) in [6, 6.07) is 3.96. The average molecular weight is 419 g/mol. The Labute approximate surface area is 175 Å². The number of carbonyl (C=O) groups is 3. The van der Waals surface area contributed by atoms with E-state index in [2.05, 4.69) is 16.0 Å². The third kappa shape index (κ3) is 6.71. The fourth-order valence-electron chi connectivity index (χ4n) is 3.09. The topological polar surface area (TPSA) is 134 Å². The van der Waals surface area contributed by atoms with Crippen LogP contribution >= 0.6 is 0 Å². The Balaban J connectivity index is 1.80. The SMILES string of the molecule is Cc1ccc([N+](=O)[O-])cc1NC(=O)C(=O)NCC1CCN(C(=O)NC(C)(C)C)CC1. The van der Waals surface area contributed by atoms with E-state index >= 15 is 0 Å². The molecule has 30 heavy (non-hydrogen) atoms. The van der Waals surface area contributed by atoms with Crippen molar-refractivity contribution >= 4 is 29.2 Å². The number of non-ortho nitro benzene ring substituents is 1. The minimum Gasteiger partial charge on any atom is -0.348 e. The number of aryl methyl sites for hydroxylation is 1. The van der Waals surface area contributed by atoms with E-state index in [-0.39, 0.29) is 28.9 Å². The van der Waals surface area contributed by atoms with Crippen LogP contribution in [-0.4, -0.2) is 52.8 Å². The minimum absolute atomic E-state index is 0.100. The van der Waals surface area contributed by atoms with Crippen molar-refractivity contribution in [1.29, 1.82) is 0 Å². The summed E-state index contributed by atoms with van der Waals surface area (Å²) in [5.41, 5.74) is 0.371. The second-order valence-electron chi connectivity index (χ2n) is 8.53. The van der Waals surface area contributed by atoms with E-state index < -0.39 is 16.7 Å². The maximum absolute atomic E-state index is 12.2. The van der Waals surface area contributed by atoms with Gasteiger partial charge < -0.3 is 20.9 Å². The number of benzene rings is 1. The molecule has 0 aliphatic carbocycles. The van der Waals surface area contributed by atoms with Gasteiger partial charge in [-0.2, -0.15) is 0 Å². The Morgan fingerprint density at radius 2 is 1.80 bits per heavy atom. The van der Waals surface area contributed by atoms with Crippen LogP contribution < -0.4 is 16.0 Å². The number of rotatable bonds is 4. The van der Waals surface area contributed by atoms with Gasteiger partial charge in [-0.15, -0.1) is 0 Å². The number of piperidine rings is 1. The van der Waals surface area contributed by atoms with Crippen LogP contribution in [0, 0.1) is 23.0 Å². The third-order valence-electron chi connectivity index (χ3n) is 4.82. The highest BCUT2D eigenvalue weighted by Gasteiger charge is 2.26. The summed E-state index contributed by atoms with van der Waals surface area (Å²) in [5.74, 6) is -1.51. The molecule has 0 atom stereocenters. The number of nitrogens with zero attached hydrogens (tertiary/aromatic N) is 2. The van der Waals surface area contributed by atoms with Crippen LogP contribution in [0.5, 0.6) is 0 Å². The highest BCUT2D eigenvalue weighted by atomic mass is 16.6. The lowest BCUT2D eigenvalue weighted by atomic mass is 9.97. The number of amides is 4. The molecule has 3 N–H and O–H groups in total. The quantitative estimate of drug-likeness (QED) is 0.391. The van der Waals surface area contributed by atoms with Gasteiger partial charge in [-0.3, -0.25) is 19.7 Å². The lowest BCUT2D eigenvalue weighted by Gasteiger charge is -2.34. The number of nitrogens with one attached hydrogen (secondary N) is 3. The van der Waals surface area contributed by atoms with Crippen molar-refractivity contribution in [2.75, 3.05) is 25.0 Å². The van der Waals surface area contributed by atoms with Crippen molar-refractivity contribution in [3.63, 3.8) is 0 Å². The van der Waals surface area contributed by atoms with Crippen LogP contribution in [0.4, 0.5) is 16.2 Å². The van der Waals surface area contributed by atoms with Gasteiger partial charge in [-0.25, -0.2) is 4.79 Å². The number of nitro benzene ring substituents is 1. The zero-order valence-electron chi connectivity index (χ0n) is 17.8. The second-order valence-corrected chi connectivity index (χ2v) is 8.53. The summed E-state index contributed by atoms with van der Waals surface area (Å²) >= 11 is 0. The van der Waals surface area contributed by atoms with Crippen LogP contribution in [0.25, 0.3) is 0 Å². The van der Waals surface area contributed by atoms with E-state index in [0.29, 0.717) is 25.2 Å². The molecule has 0 bridgehead atoms. The predicted molar refractivity (Wildman–Crippen MR) is 112 cm³/mol. The van der Waals surface area contributed by atoms with Crippen LogP contribution in [-0.2, 0) is 9.59 Å². The van der Waals surface area contributed by atoms with Gasteiger partial charge in [0.25, 0.3) is 5.69 Å². The summed E-state index contributed by atoms with van der Waals surface area (Å²) in [5, 5.41) is 18.8. The van der Waals surface area contributed by atoms with Gasteiger partial charge in [-0.05, 0) is 52.0 Å². The Kier molecular flexibility index (Phi) is 7.36. The van der Waals surface area contributed by atoms with Gasteiger partial charge in [0, 0.05) is 37.3 Å². The molecule has 10 nitrogen and oxygen atoms in total. The first kappa shape index (κ1) is 23.1. The number of anilines is 1. The summed E-state index contributed by atoms with van der Waals surface area (Å²) in [7, 11) is 0. The van der Waals surface area contributed by atoms with Gasteiger partial charge in [0.05, 0.1) is 10.6 Å². The number of carbonyl (C=O) groups excluding carboxylic acids is 3. The van der Waals surface area contributed by atoms with Gasteiger partial charge in [-0.1, -0.05) is 6.07 Å². The van der Waals surface area contributed by atoms with Gasteiger partial charge >= 0.3 is 17.8 Å². The van der Waals surface area contributed by atoms with Crippen molar-refractivity contribution in [2.24, 2.45) is 5.92 Å². The fourth-order valence-corrected chi connectivity index (χ4v) is 3.09. The first-order valence-corrected chi connectivity index (χ1v) is 9.87. The molecule has 0 aromatic heterocycles. The number of urea groups is 1. The summed E-state index contributed by atoms with van der Waals surface area (Å²) in [6.07, 6.45) is 1.45. The van der Waals surface area contributed by atoms with Crippen LogP contribution in [0.3, 0.4) is 0 Å². The zero-order valence-corrected chi connectivity index (χ0v) is 17.8. The molecular formula is C20H29N5O5. The van der Waals surface area contributed by atoms with Crippen LogP contribution in [0.15, 0.2) is 18.2 Å². The number of likely N-dealkylation sites (tertiary alicyclic amines) is 1. The van der Waals surface area contributed by atoms with Crippen molar-refractivity contribution in [3.8, 4) is 0 Å². The maximum atomic E-state index is 12.2. The molecule has 1 aliphatic heterocycles. The molecular weight excluding hydrogens is 390 g/mol. The highest BCUT2D eigenvalue weighted by Crippen LogP contribution is 2.22.